The molecule has 0 heterocycles. The Kier molecular flexibility index (Phi) is 4.72. The van der Waals surface area contributed by atoms with Crippen LogP contribution in [0.15, 0.2) is 18.2 Å². The van der Waals surface area contributed by atoms with Gasteiger partial charge in [0.1, 0.15) is 12.6 Å². The number of nitriles is 1. The molecule has 5 heteroatoms. The number of benzene rings is 1. The number of nitrogens with zero attached hydrogens (tertiary/aromatic N) is 1. The largest absolute Gasteiger partial charge is 0.295 e. The van der Waals surface area contributed by atoms with Crippen LogP contribution < -0.4 is 0 Å². The van der Waals surface area contributed by atoms with Gasteiger partial charge in [-0.05, 0) is 18.1 Å². The molecule has 0 saturated carbocycles. The van der Waals surface area contributed by atoms with Crippen LogP contribution in [0.25, 0.3) is 0 Å². The van der Waals surface area contributed by atoms with Gasteiger partial charge in [-0.3, -0.25) is 4.79 Å². The van der Waals surface area contributed by atoms with Crippen molar-refractivity contribution in [2.45, 2.75) is 6.42 Å². The highest BCUT2D eigenvalue weighted by Crippen LogP contribution is 2.27. The maximum absolute atomic E-state index is 12.1. The molecule has 0 aromatic heterocycles. The van der Waals surface area contributed by atoms with Gasteiger partial charge in [0, 0.05) is 0 Å². The van der Waals surface area contributed by atoms with Crippen molar-refractivity contribution < 1.29 is 9.18 Å². The summed E-state index contributed by atoms with van der Waals surface area (Å²) in [5.74, 6) is -1.75. The molecular weight excluding hydrogens is 252 g/mol. The van der Waals surface area contributed by atoms with Crippen molar-refractivity contribution in [3.05, 3.63) is 33.8 Å². The summed E-state index contributed by atoms with van der Waals surface area (Å²) in [5.41, 5.74) is 0.572. The Morgan fingerprint density at radius 2 is 2.19 bits per heavy atom. The Morgan fingerprint density at radius 3 is 2.75 bits per heavy atom. The van der Waals surface area contributed by atoms with E-state index in [1.807, 2.05) is 0 Å². The second-order valence-corrected chi connectivity index (χ2v) is 3.98. The van der Waals surface area contributed by atoms with E-state index in [0.717, 1.165) is 0 Å². The van der Waals surface area contributed by atoms with Crippen molar-refractivity contribution in [3.8, 4) is 6.07 Å². The van der Waals surface area contributed by atoms with E-state index in [4.69, 9.17) is 28.5 Å². The minimum atomic E-state index is -1.14. The summed E-state index contributed by atoms with van der Waals surface area (Å²) in [4.78, 5) is 11.1. The first-order chi connectivity index (χ1) is 7.60. The molecule has 1 unspecified atom stereocenters. The van der Waals surface area contributed by atoms with Gasteiger partial charge in [-0.15, -0.1) is 0 Å². The fourth-order valence-corrected chi connectivity index (χ4v) is 1.65. The van der Waals surface area contributed by atoms with Crippen LogP contribution in [0.1, 0.15) is 5.56 Å². The molecule has 16 heavy (non-hydrogen) atoms. The number of rotatable bonds is 4. The zero-order chi connectivity index (χ0) is 12.1. The Balaban J connectivity index is 2.92. The van der Waals surface area contributed by atoms with Gasteiger partial charge >= 0.3 is 0 Å². The molecule has 1 rings (SSSR count). The summed E-state index contributed by atoms with van der Waals surface area (Å²) in [6.45, 7) is -1.14. The number of carbonyl (C=O) groups is 1. The van der Waals surface area contributed by atoms with Gasteiger partial charge in [0.2, 0.25) is 0 Å². The lowest BCUT2D eigenvalue weighted by Crippen LogP contribution is -2.17. The van der Waals surface area contributed by atoms with E-state index in [0.29, 0.717) is 15.6 Å². The molecule has 0 fully saturated rings. The Hall–Kier alpha value is -1.11. The van der Waals surface area contributed by atoms with Crippen LogP contribution >= 0.6 is 23.2 Å². The summed E-state index contributed by atoms with van der Waals surface area (Å²) >= 11 is 11.7. The van der Waals surface area contributed by atoms with Gasteiger partial charge < -0.3 is 0 Å². The lowest BCUT2D eigenvalue weighted by atomic mass is 9.97. The summed E-state index contributed by atoms with van der Waals surface area (Å²) in [6, 6.07) is 6.68. The molecular formula is C11H8Cl2FNO. The third-order valence-electron chi connectivity index (χ3n) is 2.13. The average molecular weight is 260 g/mol. The SMILES string of the molecule is N#CC(Cc1cccc(Cl)c1Cl)C(=O)CF. The monoisotopic (exact) mass is 259 g/mol. The quantitative estimate of drug-likeness (QED) is 0.833. The first-order valence-electron chi connectivity index (χ1n) is 4.51. The van der Waals surface area contributed by atoms with Crippen molar-refractivity contribution in [2.75, 3.05) is 6.67 Å². The Labute approximate surface area is 103 Å². The zero-order valence-electron chi connectivity index (χ0n) is 8.21. The summed E-state index contributed by atoms with van der Waals surface area (Å²) in [6.07, 6.45) is 0.0820. The molecule has 0 amide bonds. The van der Waals surface area contributed by atoms with E-state index in [1.54, 1.807) is 24.3 Å². The Morgan fingerprint density at radius 1 is 1.50 bits per heavy atom. The number of halogens is 3. The standard InChI is InChI=1S/C11H8Cl2FNO/c12-9-3-1-2-7(11(9)13)4-8(6-15)10(16)5-14/h1-3,8H,4-5H2. The normalized spacial score (nSPS) is 11.9. The number of carbonyl (C=O) groups excluding carboxylic acids is 1. The molecule has 84 valence electrons. The van der Waals surface area contributed by atoms with Crippen molar-refractivity contribution in [1.29, 1.82) is 5.26 Å². The van der Waals surface area contributed by atoms with Crippen LogP contribution in [0.4, 0.5) is 4.39 Å². The van der Waals surface area contributed by atoms with Gasteiger partial charge in [0.15, 0.2) is 5.78 Å². The number of hydrogen-bond donors (Lipinski definition) is 0. The van der Waals surface area contributed by atoms with E-state index in [1.165, 1.54) is 0 Å². The molecule has 0 aliphatic rings. The van der Waals surface area contributed by atoms with Crippen molar-refractivity contribution >= 4 is 29.0 Å². The molecule has 0 saturated heterocycles. The zero-order valence-corrected chi connectivity index (χ0v) is 9.72. The number of alkyl halides is 1. The van der Waals surface area contributed by atoms with E-state index in [9.17, 15) is 9.18 Å². The average Bonchev–Trinajstić information content (AvgIpc) is 2.30. The first kappa shape index (κ1) is 13.0. The molecule has 0 spiro atoms. The second-order valence-electron chi connectivity index (χ2n) is 3.20. The van der Waals surface area contributed by atoms with Gasteiger partial charge in [0.05, 0.1) is 16.1 Å². The van der Waals surface area contributed by atoms with Crippen LogP contribution in [-0.4, -0.2) is 12.5 Å². The maximum atomic E-state index is 12.1. The molecule has 2 nitrogen and oxygen atoms in total. The van der Waals surface area contributed by atoms with E-state index >= 15 is 0 Å². The van der Waals surface area contributed by atoms with Gasteiger partial charge in [-0.1, -0.05) is 35.3 Å². The molecule has 1 atom stereocenters. The first-order valence-corrected chi connectivity index (χ1v) is 5.27. The third kappa shape index (κ3) is 2.94. The highest BCUT2D eigenvalue weighted by molar-refractivity contribution is 6.42. The minimum Gasteiger partial charge on any atom is -0.295 e. The summed E-state index contributed by atoms with van der Waals surface area (Å²) in [7, 11) is 0. The van der Waals surface area contributed by atoms with Crippen LogP contribution in [0.2, 0.25) is 10.0 Å². The molecule has 0 N–H and O–H groups in total. The van der Waals surface area contributed by atoms with E-state index in [2.05, 4.69) is 0 Å². The molecule has 0 bridgehead atoms. The lowest BCUT2D eigenvalue weighted by molar-refractivity contribution is -0.122. The third-order valence-corrected chi connectivity index (χ3v) is 2.99. The van der Waals surface area contributed by atoms with E-state index in [-0.39, 0.29) is 6.42 Å². The fraction of sp³-hybridized carbons (Fsp3) is 0.273. The molecule has 1 aromatic carbocycles. The molecule has 0 radical (unpaired) electrons. The molecule has 0 aliphatic heterocycles. The molecule has 0 aliphatic carbocycles. The van der Waals surface area contributed by atoms with E-state index < -0.39 is 18.4 Å². The second kappa shape index (κ2) is 5.83. The smallest absolute Gasteiger partial charge is 0.181 e. The fourth-order valence-electron chi connectivity index (χ4n) is 1.25. The minimum absolute atomic E-state index is 0.0820. The maximum Gasteiger partial charge on any atom is 0.181 e. The highest BCUT2D eigenvalue weighted by Gasteiger charge is 2.19. The summed E-state index contributed by atoms with van der Waals surface area (Å²) < 4.78 is 12.1. The van der Waals surface area contributed by atoms with Crippen LogP contribution in [0.5, 0.6) is 0 Å². The predicted octanol–water partition coefficient (Wildman–Crippen LogP) is 3.21. The number of Topliss-reactive ketones (excluding diaryl/α,β-unsaturated/α-hetero) is 1. The topological polar surface area (TPSA) is 40.9 Å². The van der Waals surface area contributed by atoms with Crippen LogP contribution in [0.3, 0.4) is 0 Å². The van der Waals surface area contributed by atoms with Crippen LogP contribution in [0, 0.1) is 17.2 Å². The van der Waals surface area contributed by atoms with Gasteiger partial charge in [-0.25, -0.2) is 4.39 Å². The van der Waals surface area contributed by atoms with Crippen molar-refractivity contribution in [2.24, 2.45) is 5.92 Å². The summed E-state index contributed by atoms with van der Waals surface area (Å²) in [5, 5.41) is 9.39. The number of ketones is 1. The Bertz CT molecular complexity index is 442. The van der Waals surface area contributed by atoms with Crippen molar-refractivity contribution in [3.63, 3.8) is 0 Å². The van der Waals surface area contributed by atoms with Crippen LogP contribution in [-0.2, 0) is 11.2 Å². The van der Waals surface area contributed by atoms with Crippen molar-refractivity contribution in [1.82, 2.24) is 0 Å². The highest BCUT2D eigenvalue weighted by atomic mass is 35.5. The van der Waals surface area contributed by atoms with Gasteiger partial charge in [-0.2, -0.15) is 5.26 Å². The predicted molar refractivity (Wildman–Crippen MR) is 60.3 cm³/mol. The lowest BCUT2D eigenvalue weighted by Gasteiger charge is -2.08. The van der Waals surface area contributed by atoms with Gasteiger partial charge in [0.25, 0.3) is 0 Å². The number of hydrogen-bond acceptors (Lipinski definition) is 2. The molecule has 1 aromatic rings.